The van der Waals surface area contributed by atoms with Gasteiger partial charge in [0.25, 0.3) is 10.2 Å². The molecule has 124 valence electrons. The molecule has 0 aromatic carbocycles. The van der Waals surface area contributed by atoms with Gasteiger partial charge < -0.3 is 5.32 Å². The van der Waals surface area contributed by atoms with E-state index in [4.69, 9.17) is 0 Å². The molecule has 1 aliphatic heterocycles. The summed E-state index contributed by atoms with van der Waals surface area (Å²) >= 11 is 0. The van der Waals surface area contributed by atoms with Gasteiger partial charge in [-0.2, -0.15) is 17.4 Å². The van der Waals surface area contributed by atoms with E-state index in [9.17, 15) is 8.42 Å². The molecular weight excluding hydrogens is 286 g/mol. The molecule has 0 aromatic heterocycles. The van der Waals surface area contributed by atoms with Crippen LogP contribution in [0.15, 0.2) is 0 Å². The Kier molecular flexibility index (Phi) is 5.68. The second-order valence-corrected chi connectivity index (χ2v) is 9.16. The summed E-state index contributed by atoms with van der Waals surface area (Å²) in [4.78, 5) is 0. The maximum atomic E-state index is 12.5. The van der Waals surface area contributed by atoms with Crippen LogP contribution >= 0.6 is 0 Å². The molecule has 0 aromatic rings. The van der Waals surface area contributed by atoms with E-state index in [-0.39, 0.29) is 6.04 Å². The first kappa shape index (κ1) is 17.2. The van der Waals surface area contributed by atoms with Crippen molar-refractivity contribution >= 4 is 10.2 Å². The number of piperidine rings is 1. The molecule has 0 radical (unpaired) electrons. The van der Waals surface area contributed by atoms with Gasteiger partial charge in [-0.25, -0.2) is 0 Å². The van der Waals surface area contributed by atoms with Gasteiger partial charge in [0.15, 0.2) is 0 Å². The highest BCUT2D eigenvalue weighted by Crippen LogP contribution is 2.35. The van der Waals surface area contributed by atoms with Gasteiger partial charge in [0.1, 0.15) is 0 Å². The summed E-state index contributed by atoms with van der Waals surface area (Å²) in [5.74, 6) is 0.608. The molecule has 1 saturated heterocycles. The van der Waals surface area contributed by atoms with Crippen molar-refractivity contribution in [1.82, 2.24) is 14.3 Å². The molecule has 1 aliphatic carbocycles. The van der Waals surface area contributed by atoms with E-state index in [1.165, 1.54) is 0 Å². The summed E-state index contributed by atoms with van der Waals surface area (Å²) in [5, 5.41) is 3.18. The fourth-order valence-electron chi connectivity index (χ4n) is 3.44. The average molecular weight is 317 g/mol. The van der Waals surface area contributed by atoms with Gasteiger partial charge in [-0.1, -0.05) is 13.8 Å². The van der Waals surface area contributed by atoms with Gasteiger partial charge in [0.2, 0.25) is 0 Å². The first-order chi connectivity index (χ1) is 9.82. The first-order valence-corrected chi connectivity index (χ1v) is 9.68. The number of hydrogen-bond donors (Lipinski definition) is 2. The van der Waals surface area contributed by atoms with E-state index < -0.39 is 10.2 Å². The molecule has 1 heterocycles. The van der Waals surface area contributed by atoms with Gasteiger partial charge >= 0.3 is 0 Å². The minimum absolute atomic E-state index is 0.123. The fourth-order valence-corrected chi connectivity index (χ4v) is 4.94. The van der Waals surface area contributed by atoms with Crippen molar-refractivity contribution in [2.24, 2.45) is 11.3 Å². The van der Waals surface area contributed by atoms with Crippen LogP contribution in [0.2, 0.25) is 0 Å². The van der Waals surface area contributed by atoms with Crippen LogP contribution in [-0.4, -0.2) is 45.4 Å². The summed E-state index contributed by atoms with van der Waals surface area (Å²) in [6.07, 6.45) is 6.04. The SMILES string of the molecule is CNCC1CCN(S(=O)(=O)NC2CCC(C)(C)CC2)CC1. The molecule has 0 atom stereocenters. The normalized spacial score (nSPS) is 26.0. The van der Waals surface area contributed by atoms with Crippen LogP contribution in [0.25, 0.3) is 0 Å². The standard InChI is InChI=1S/C15H31N3O2S/c1-15(2)8-4-14(5-9-15)17-21(19,20)18-10-6-13(7-11-18)12-16-3/h13-14,16-17H,4-12H2,1-3H3. The minimum atomic E-state index is -3.30. The van der Waals surface area contributed by atoms with Crippen LogP contribution in [0.1, 0.15) is 52.4 Å². The zero-order valence-electron chi connectivity index (χ0n) is 13.7. The third-order valence-electron chi connectivity index (χ3n) is 5.06. The predicted octanol–water partition coefficient (Wildman–Crippen LogP) is 1.72. The van der Waals surface area contributed by atoms with Gasteiger partial charge in [-0.05, 0) is 63.5 Å². The first-order valence-electron chi connectivity index (χ1n) is 8.24. The number of hydrogen-bond acceptors (Lipinski definition) is 3. The van der Waals surface area contributed by atoms with Crippen LogP contribution < -0.4 is 10.0 Å². The van der Waals surface area contributed by atoms with E-state index in [2.05, 4.69) is 23.9 Å². The third-order valence-corrected chi connectivity index (χ3v) is 6.74. The molecule has 5 nitrogen and oxygen atoms in total. The van der Waals surface area contributed by atoms with Gasteiger partial charge in [0.05, 0.1) is 0 Å². The van der Waals surface area contributed by atoms with Crippen LogP contribution in [0.4, 0.5) is 0 Å². The molecular formula is C15H31N3O2S. The molecule has 6 heteroatoms. The molecule has 2 rings (SSSR count). The predicted molar refractivity (Wildman–Crippen MR) is 86.3 cm³/mol. The van der Waals surface area contributed by atoms with Gasteiger partial charge in [-0.15, -0.1) is 0 Å². The molecule has 0 unspecified atom stereocenters. The zero-order valence-corrected chi connectivity index (χ0v) is 14.5. The van der Waals surface area contributed by atoms with Crippen molar-refractivity contribution < 1.29 is 8.42 Å². The molecule has 2 N–H and O–H groups in total. The molecule has 2 fully saturated rings. The summed E-state index contributed by atoms with van der Waals surface area (Å²) in [6.45, 7) is 6.83. The van der Waals surface area contributed by atoms with Crippen molar-refractivity contribution in [3.05, 3.63) is 0 Å². The van der Waals surface area contributed by atoms with Gasteiger partial charge in [0, 0.05) is 19.1 Å². The van der Waals surface area contributed by atoms with E-state index in [1.54, 1.807) is 4.31 Å². The lowest BCUT2D eigenvalue weighted by Gasteiger charge is -2.36. The maximum absolute atomic E-state index is 12.5. The van der Waals surface area contributed by atoms with Crippen LogP contribution in [0.5, 0.6) is 0 Å². The quantitative estimate of drug-likeness (QED) is 0.811. The van der Waals surface area contributed by atoms with Crippen molar-refractivity contribution in [2.45, 2.75) is 58.4 Å². The lowest BCUT2D eigenvalue weighted by atomic mass is 9.76. The Morgan fingerprint density at radius 1 is 1.10 bits per heavy atom. The highest BCUT2D eigenvalue weighted by molar-refractivity contribution is 7.87. The summed E-state index contributed by atoms with van der Waals surface area (Å²) in [7, 11) is -1.34. The smallest absolute Gasteiger partial charge is 0.279 e. The Morgan fingerprint density at radius 3 is 2.19 bits per heavy atom. The Labute approximate surface area is 130 Å². The monoisotopic (exact) mass is 317 g/mol. The topological polar surface area (TPSA) is 61.4 Å². The molecule has 0 spiro atoms. The maximum Gasteiger partial charge on any atom is 0.279 e. The Bertz CT molecular complexity index is 418. The fraction of sp³-hybridized carbons (Fsp3) is 1.00. The minimum Gasteiger partial charge on any atom is -0.319 e. The lowest BCUT2D eigenvalue weighted by molar-refractivity contribution is 0.213. The molecule has 2 aliphatic rings. The van der Waals surface area contributed by atoms with Gasteiger partial charge in [-0.3, -0.25) is 0 Å². The van der Waals surface area contributed by atoms with Crippen LogP contribution in [-0.2, 0) is 10.2 Å². The highest BCUT2D eigenvalue weighted by Gasteiger charge is 2.32. The lowest BCUT2D eigenvalue weighted by Crippen LogP contribution is -2.49. The third kappa shape index (κ3) is 4.91. The largest absolute Gasteiger partial charge is 0.319 e. The second-order valence-electron chi connectivity index (χ2n) is 7.46. The molecule has 21 heavy (non-hydrogen) atoms. The Morgan fingerprint density at radius 2 is 1.67 bits per heavy atom. The van der Waals surface area contributed by atoms with Crippen molar-refractivity contribution in [3.8, 4) is 0 Å². The average Bonchev–Trinajstić information content (AvgIpc) is 2.42. The summed E-state index contributed by atoms with van der Waals surface area (Å²) < 4.78 is 29.5. The van der Waals surface area contributed by atoms with Crippen molar-refractivity contribution in [2.75, 3.05) is 26.7 Å². The van der Waals surface area contributed by atoms with E-state index >= 15 is 0 Å². The van der Waals surface area contributed by atoms with Crippen LogP contribution in [0, 0.1) is 11.3 Å². The van der Waals surface area contributed by atoms with Crippen LogP contribution in [0.3, 0.4) is 0 Å². The summed E-state index contributed by atoms with van der Waals surface area (Å²) in [6, 6.07) is 0.123. The molecule has 0 bridgehead atoms. The summed E-state index contributed by atoms with van der Waals surface area (Å²) in [5.41, 5.74) is 0.368. The Balaban J connectivity index is 1.83. The second kappa shape index (κ2) is 6.94. The van der Waals surface area contributed by atoms with Crippen molar-refractivity contribution in [1.29, 1.82) is 0 Å². The number of nitrogens with zero attached hydrogens (tertiary/aromatic N) is 1. The number of nitrogens with one attached hydrogen (secondary N) is 2. The highest BCUT2D eigenvalue weighted by atomic mass is 32.2. The molecule has 1 saturated carbocycles. The Hall–Kier alpha value is -0.170. The van der Waals surface area contributed by atoms with Crippen molar-refractivity contribution in [3.63, 3.8) is 0 Å². The van der Waals surface area contributed by atoms with E-state index in [0.29, 0.717) is 24.4 Å². The number of rotatable bonds is 5. The molecule has 0 amide bonds. The van der Waals surface area contributed by atoms with E-state index in [0.717, 1.165) is 45.1 Å². The zero-order chi connectivity index (χ0) is 15.5. The van der Waals surface area contributed by atoms with E-state index in [1.807, 2.05) is 7.05 Å².